The number of aliphatic hydroxyl groups is 1. The summed E-state index contributed by atoms with van der Waals surface area (Å²) in [6.07, 6.45) is -2.56. The first kappa shape index (κ1) is 18.0. The summed E-state index contributed by atoms with van der Waals surface area (Å²) in [4.78, 5) is 19.4. The van der Waals surface area contributed by atoms with Crippen molar-refractivity contribution in [1.29, 1.82) is 0 Å². The third kappa shape index (κ3) is 10.1. The molecular formula is C5H6Li2O5. The quantitative estimate of drug-likeness (QED) is 0.411. The minimum absolute atomic E-state index is 0. The standard InChI is InChI=1S/C5H8O5.2Li/c6-3(5(9)10)1-2-4(7)8;;/h3,6H,1-2H2,(H,7,8)(H,9,10);;/q;2*+1/p-2/t3-;;/m0../s1. The molecule has 0 bridgehead atoms. The normalized spacial score (nSPS) is 10.4. The number of hydrogen-bond donors (Lipinski definition) is 1. The third-order valence-electron chi connectivity index (χ3n) is 0.894. The van der Waals surface area contributed by atoms with Gasteiger partial charge in [0, 0.05) is 5.97 Å². The Labute approximate surface area is 93.5 Å². The number of carbonyl (C=O) groups excluding carboxylic acids is 2. The molecule has 0 rings (SSSR count). The van der Waals surface area contributed by atoms with Crippen molar-refractivity contribution in [3.63, 3.8) is 0 Å². The number of rotatable bonds is 4. The zero-order valence-corrected chi connectivity index (χ0v) is 7.07. The molecule has 0 unspecified atom stereocenters. The fourth-order valence-electron chi connectivity index (χ4n) is 0.372. The Bertz CT molecular complexity index is 149. The van der Waals surface area contributed by atoms with Gasteiger partial charge < -0.3 is 24.9 Å². The van der Waals surface area contributed by atoms with Crippen LogP contribution in [0.1, 0.15) is 12.8 Å². The Balaban J connectivity index is -0.000000405. The van der Waals surface area contributed by atoms with Crippen LogP contribution >= 0.6 is 0 Å². The van der Waals surface area contributed by atoms with Crippen LogP contribution in [0.4, 0.5) is 0 Å². The van der Waals surface area contributed by atoms with Crippen LogP contribution in [0.2, 0.25) is 0 Å². The fourth-order valence-corrected chi connectivity index (χ4v) is 0.372. The number of hydrogen-bond acceptors (Lipinski definition) is 5. The maximum Gasteiger partial charge on any atom is 1.00 e. The summed E-state index contributed by atoms with van der Waals surface area (Å²) in [5, 5.41) is 27.9. The van der Waals surface area contributed by atoms with E-state index < -0.39 is 24.5 Å². The van der Waals surface area contributed by atoms with E-state index in [9.17, 15) is 19.8 Å². The van der Waals surface area contributed by atoms with Gasteiger partial charge in [-0.05, 0) is 12.8 Å². The molecule has 0 saturated carbocycles. The van der Waals surface area contributed by atoms with Crippen molar-refractivity contribution in [2.45, 2.75) is 18.9 Å². The molecule has 0 aliphatic heterocycles. The molecule has 5 nitrogen and oxygen atoms in total. The van der Waals surface area contributed by atoms with E-state index in [1.54, 1.807) is 0 Å². The SMILES string of the molecule is O=C([O-])CC[C@H](O)C(=O)[O-].[Li+].[Li+]. The smallest absolute Gasteiger partial charge is 0.550 e. The number of aliphatic hydroxyl groups excluding tert-OH is 1. The maximum absolute atomic E-state index is 9.74. The monoisotopic (exact) mass is 160 g/mol. The number of carboxylic acid groups (broad SMARTS) is 2. The second kappa shape index (κ2) is 9.18. The average Bonchev–Trinajstić information content (AvgIpc) is 1.82. The molecule has 0 radical (unpaired) electrons. The predicted octanol–water partition coefficient (Wildman–Crippen LogP) is -9.36. The van der Waals surface area contributed by atoms with E-state index in [-0.39, 0.29) is 44.1 Å². The van der Waals surface area contributed by atoms with Crippen LogP contribution in [0, 0.1) is 0 Å². The van der Waals surface area contributed by atoms with Crippen molar-refractivity contribution in [2.75, 3.05) is 0 Å². The summed E-state index contributed by atoms with van der Waals surface area (Å²) in [7, 11) is 0. The Hall–Kier alpha value is 0.0948. The first-order valence-corrected chi connectivity index (χ1v) is 2.63. The van der Waals surface area contributed by atoms with Crippen LogP contribution in [0.5, 0.6) is 0 Å². The van der Waals surface area contributed by atoms with Crippen molar-refractivity contribution in [3.05, 3.63) is 0 Å². The van der Waals surface area contributed by atoms with E-state index in [4.69, 9.17) is 5.11 Å². The van der Waals surface area contributed by atoms with Gasteiger partial charge in [-0.25, -0.2) is 0 Å². The molecule has 1 N–H and O–H groups in total. The number of carbonyl (C=O) groups is 2. The van der Waals surface area contributed by atoms with Gasteiger partial charge in [-0.1, -0.05) is 0 Å². The van der Waals surface area contributed by atoms with Gasteiger partial charge >= 0.3 is 37.7 Å². The molecule has 12 heavy (non-hydrogen) atoms. The van der Waals surface area contributed by atoms with Gasteiger partial charge in [-0.3, -0.25) is 0 Å². The molecule has 0 spiro atoms. The Kier molecular flexibility index (Phi) is 13.8. The molecule has 7 heteroatoms. The summed E-state index contributed by atoms with van der Waals surface area (Å²) in [5.41, 5.74) is 0. The van der Waals surface area contributed by atoms with Gasteiger partial charge in [0.25, 0.3) is 0 Å². The first-order valence-electron chi connectivity index (χ1n) is 2.63. The molecule has 0 aromatic heterocycles. The van der Waals surface area contributed by atoms with Crippen LogP contribution in [-0.4, -0.2) is 23.1 Å². The first-order chi connectivity index (χ1) is 4.54. The van der Waals surface area contributed by atoms with Crippen molar-refractivity contribution in [1.82, 2.24) is 0 Å². The van der Waals surface area contributed by atoms with E-state index in [1.165, 1.54) is 0 Å². The summed E-state index contributed by atoms with van der Waals surface area (Å²) < 4.78 is 0. The summed E-state index contributed by atoms with van der Waals surface area (Å²) >= 11 is 0. The number of carboxylic acids is 2. The van der Waals surface area contributed by atoms with Gasteiger partial charge in [0.15, 0.2) is 0 Å². The zero-order valence-electron chi connectivity index (χ0n) is 7.07. The van der Waals surface area contributed by atoms with Crippen LogP contribution < -0.4 is 47.9 Å². The van der Waals surface area contributed by atoms with Crippen LogP contribution in [0.15, 0.2) is 0 Å². The van der Waals surface area contributed by atoms with E-state index in [0.29, 0.717) is 0 Å². The predicted molar refractivity (Wildman–Crippen MR) is 25.3 cm³/mol. The average molecular weight is 160 g/mol. The van der Waals surface area contributed by atoms with E-state index in [2.05, 4.69) is 0 Å². The molecule has 0 aromatic carbocycles. The second-order valence-corrected chi connectivity index (χ2v) is 1.75. The van der Waals surface area contributed by atoms with Crippen LogP contribution in [0.3, 0.4) is 0 Å². The van der Waals surface area contributed by atoms with Crippen molar-refractivity contribution >= 4 is 11.9 Å². The molecule has 0 aliphatic carbocycles. The van der Waals surface area contributed by atoms with Gasteiger partial charge in [-0.2, -0.15) is 0 Å². The van der Waals surface area contributed by atoms with Gasteiger partial charge in [0.05, 0.1) is 12.1 Å². The van der Waals surface area contributed by atoms with E-state index in [1.807, 2.05) is 0 Å². The molecule has 1 atom stereocenters. The summed E-state index contributed by atoms with van der Waals surface area (Å²) in [6.45, 7) is 0. The number of aliphatic carboxylic acids is 2. The summed E-state index contributed by atoms with van der Waals surface area (Å²) in [6, 6.07) is 0. The molecule has 0 amide bonds. The Morgan fingerprint density at radius 3 is 1.92 bits per heavy atom. The largest absolute Gasteiger partial charge is 1.00 e. The molecular weight excluding hydrogens is 154 g/mol. The Morgan fingerprint density at radius 1 is 1.25 bits per heavy atom. The molecule has 0 heterocycles. The van der Waals surface area contributed by atoms with Crippen molar-refractivity contribution in [2.24, 2.45) is 0 Å². The zero-order chi connectivity index (χ0) is 8.15. The topological polar surface area (TPSA) is 100 Å². The minimum atomic E-state index is -1.71. The van der Waals surface area contributed by atoms with Crippen LogP contribution in [0.25, 0.3) is 0 Å². The van der Waals surface area contributed by atoms with Gasteiger partial charge in [-0.15, -0.1) is 0 Å². The second-order valence-electron chi connectivity index (χ2n) is 1.75. The molecule has 0 aliphatic rings. The van der Waals surface area contributed by atoms with Crippen molar-refractivity contribution in [3.8, 4) is 0 Å². The Morgan fingerprint density at radius 2 is 1.67 bits per heavy atom. The summed E-state index contributed by atoms with van der Waals surface area (Å²) in [5.74, 6) is -3.05. The van der Waals surface area contributed by atoms with Gasteiger partial charge in [0.1, 0.15) is 0 Å². The molecule has 0 fully saturated rings. The molecule has 0 saturated heterocycles. The molecule has 58 valence electrons. The van der Waals surface area contributed by atoms with Crippen molar-refractivity contribution < 1.29 is 62.6 Å². The minimum Gasteiger partial charge on any atom is -0.550 e. The van der Waals surface area contributed by atoms with E-state index >= 15 is 0 Å². The van der Waals surface area contributed by atoms with Gasteiger partial charge in [0.2, 0.25) is 0 Å². The third-order valence-corrected chi connectivity index (χ3v) is 0.894. The fraction of sp³-hybridized carbons (Fsp3) is 0.600. The van der Waals surface area contributed by atoms with E-state index in [0.717, 1.165) is 0 Å². The molecule has 0 aromatic rings. The van der Waals surface area contributed by atoms with Crippen LogP contribution in [-0.2, 0) is 9.59 Å². The maximum atomic E-state index is 9.74.